The number of sulfonamides is 1. The first kappa shape index (κ1) is 18.6. The van der Waals surface area contributed by atoms with Gasteiger partial charge in [-0.15, -0.1) is 0 Å². The van der Waals surface area contributed by atoms with Crippen LogP contribution in [0.25, 0.3) is 0 Å². The lowest BCUT2D eigenvalue weighted by Crippen LogP contribution is -2.48. The third-order valence-corrected chi connectivity index (χ3v) is 7.42. The summed E-state index contributed by atoms with van der Waals surface area (Å²) in [7, 11) is -3.29. The Kier molecular flexibility index (Phi) is 4.84. The van der Waals surface area contributed by atoms with Crippen molar-refractivity contribution in [3.05, 3.63) is 18.5 Å². The van der Waals surface area contributed by atoms with Crippen LogP contribution in [0.1, 0.15) is 25.7 Å². The summed E-state index contributed by atoms with van der Waals surface area (Å²) in [6.07, 6.45) is 8.37. The Morgan fingerprint density at radius 1 is 1.30 bits per heavy atom. The highest BCUT2D eigenvalue weighted by atomic mass is 32.2. The highest BCUT2D eigenvalue weighted by Gasteiger charge is 2.54. The molecule has 1 saturated carbocycles. The van der Waals surface area contributed by atoms with Crippen LogP contribution in [0.4, 0.5) is 5.95 Å². The first-order valence-electron chi connectivity index (χ1n) is 9.64. The van der Waals surface area contributed by atoms with E-state index in [1.807, 2.05) is 4.90 Å². The molecule has 2 aliphatic heterocycles. The minimum Gasteiger partial charge on any atom is -0.355 e. The monoisotopic (exact) mass is 393 g/mol. The zero-order valence-electron chi connectivity index (χ0n) is 15.7. The zero-order valence-corrected chi connectivity index (χ0v) is 16.5. The van der Waals surface area contributed by atoms with Crippen molar-refractivity contribution in [2.45, 2.75) is 25.7 Å². The SMILES string of the molecule is CS(=O)(=O)N1CCC[C@@]2(C(=O)NCC3CC3)CN(c3ncccn3)C[C@H]2C1. The Morgan fingerprint density at radius 3 is 2.70 bits per heavy atom. The van der Waals surface area contributed by atoms with E-state index in [2.05, 4.69) is 15.3 Å². The van der Waals surface area contributed by atoms with Gasteiger partial charge in [-0.1, -0.05) is 0 Å². The van der Waals surface area contributed by atoms with Crippen LogP contribution >= 0.6 is 0 Å². The predicted molar refractivity (Wildman–Crippen MR) is 102 cm³/mol. The minimum atomic E-state index is -3.29. The number of amides is 1. The Labute approximate surface area is 160 Å². The van der Waals surface area contributed by atoms with E-state index < -0.39 is 15.4 Å². The molecule has 3 aliphatic rings. The second-order valence-corrected chi connectivity index (χ2v) is 10.1. The van der Waals surface area contributed by atoms with Gasteiger partial charge in [0, 0.05) is 51.0 Å². The Hall–Kier alpha value is -1.74. The quantitative estimate of drug-likeness (QED) is 0.782. The van der Waals surface area contributed by atoms with Gasteiger partial charge in [0.25, 0.3) is 0 Å². The summed E-state index contributed by atoms with van der Waals surface area (Å²) >= 11 is 0. The number of nitrogens with one attached hydrogen (secondary N) is 1. The molecule has 27 heavy (non-hydrogen) atoms. The van der Waals surface area contributed by atoms with Gasteiger partial charge in [-0.25, -0.2) is 22.7 Å². The molecule has 1 aliphatic carbocycles. The molecule has 0 spiro atoms. The molecule has 8 nitrogen and oxygen atoms in total. The van der Waals surface area contributed by atoms with Gasteiger partial charge in [0.15, 0.2) is 0 Å². The maximum atomic E-state index is 13.3. The topological polar surface area (TPSA) is 95.5 Å². The number of hydrogen-bond donors (Lipinski definition) is 1. The summed E-state index contributed by atoms with van der Waals surface area (Å²) in [4.78, 5) is 24.0. The van der Waals surface area contributed by atoms with Crippen molar-refractivity contribution in [2.75, 3.05) is 43.9 Å². The summed E-state index contributed by atoms with van der Waals surface area (Å²) in [6, 6.07) is 1.77. The zero-order chi connectivity index (χ0) is 19.1. The fourth-order valence-corrected chi connectivity index (χ4v) is 5.32. The van der Waals surface area contributed by atoms with Crippen molar-refractivity contribution < 1.29 is 13.2 Å². The number of nitrogens with zero attached hydrogens (tertiary/aromatic N) is 4. The van der Waals surface area contributed by atoms with Crippen LogP contribution < -0.4 is 10.2 Å². The molecule has 1 aromatic rings. The van der Waals surface area contributed by atoms with E-state index in [9.17, 15) is 13.2 Å². The lowest BCUT2D eigenvalue weighted by molar-refractivity contribution is -0.132. The van der Waals surface area contributed by atoms with Crippen LogP contribution in [0.15, 0.2) is 18.5 Å². The second-order valence-electron chi connectivity index (χ2n) is 8.16. The van der Waals surface area contributed by atoms with E-state index in [1.54, 1.807) is 18.5 Å². The van der Waals surface area contributed by atoms with Crippen molar-refractivity contribution in [3.8, 4) is 0 Å². The Balaban J connectivity index is 1.61. The molecule has 148 valence electrons. The van der Waals surface area contributed by atoms with E-state index in [4.69, 9.17) is 0 Å². The number of anilines is 1. The maximum absolute atomic E-state index is 13.3. The summed E-state index contributed by atoms with van der Waals surface area (Å²) in [5, 5.41) is 3.16. The molecule has 3 fully saturated rings. The van der Waals surface area contributed by atoms with Crippen LogP contribution in [0.5, 0.6) is 0 Å². The highest BCUT2D eigenvalue weighted by molar-refractivity contribution is 7.88. The van der Waals surface area contributed by atoms with Crippen molar-refractivity contribution in [2.24, 2.45) is 17.3 Å². The smallest absolute Gasteiger partial charge is 0.228 e. The molecular formula is C18H27N5O3S. The van der Waals surface area contributed by atoms with E-state index >= 15 is 0 Å². The van der Waals surface area contributed by atoms with Crippen molar-refractivity contribution in [3.63, 3.8) is 0 Å². The van der Waals surface area contributed by atoms with E-state index in [0.29, 0.717) is 50.9 Å². The van der Waals surface area contributed by atoms with Crippen molar-refractivity contribution in [1.82, 2.24) is 19.6 Å². The number of carbonyl (C=O) groups excluding carboxylic acids is 1. The molecule has 1 N–H and O–H groups in total. The van der Waals surface area contributed by atoms with Crippen molar-refractivity contribution >= 4 is 21.9 Å². The molecule has 2 saturated heterocycles. The molecule has 1 aromatic heterocycles. The molecule has 0 unspecified atom stereocenters. The fourth-order valence-electron chi connectivity index (χ4n) is 4.41. The first-order chi connectivity index (χ1) is 12.9. The third-order valence-electron chi connectivity index (χ3n) is 6.15. The summed E-state index contributed by atoms with van der Waals surface area (Å²) in [6.45, 7) is 2.71. The van der Waals surface area contributed by atoms with E-state index in [0.717, 1.165) is 6.54 Å². The lowest BCUT2D eigenvalue weighted by Gasteiger charge is -2.32. The summed E-state index contributed by atoms with van der Waals surface area (Å²) in [5.41, 5.74) is -0.590. The molecule has 2 atom stereocenters. The van der Waals surface area contributed by atoms with Crippen LogP contribution in [0.2, 0.25) is 0 Å². The highest BCUT2D eigenvalue weighted by Crippen LogP contribution is 2.44. The van der Waals surface area contributed by atoms with Gasteiger partial charge in [-0.2, -0.15) is 0 Å². The lowest BCUT2D eigenvalue weighted by atomic mass is 9.74. The largest absolute Gasteiger partial charge is 0.355 e. The molecule has 0 aromatic carbocycles. The average molecular weight is 394 g/mol. The van der Waals surface area contributed by atoms with E-state index in [-0.39, 0.29) is 11.8 Å². The maximum Gasteiger partial charge on any atom is 0.228 e. The fraction of sp³-hybridized carbons (Fsp3) is 0.722. The van der Waals surface area contributed by atoms with Gasteiger partial charge in [0.2, 0.25) is 21.9 Å². The summed E-state index contributed by atoms with van der Waals surface area (Å²) < 4.78 is 25.9. The molecule has 0 radical (unpaired) electrons. The predicted octanol–water partition coefficient (Wildman–Crippen LogP) is 0.481. The Morgan fingerprint density at radius 2 is 2.04 bits per heavy atom. The minimum absolute atomic E-state index is 0.0631. The number of rotatable bonds is 5. The van der Waals surface area contributed by atoms with Gasteiger partial charge in [-0.3, -0.25) is 4.79 Å². The van der Waals surface area contributed by atoms with Gasteiger partial charge >= 0.3 is 0 Å². The number of hydrogen-bond acceptors (Lipinski definition) is 6. The van der Waals surface area contributed by atoms with Crippen molar-refractivity contribution in [1.29, 1.82) is 0 Å². The normalized spacial score (nSPS) is 29.2. The van der Waals surface area contributed by atoms with Crippen LogP contribution in [-0.2, 0) is 14.8 Å². The van der Waals surface area contributed by atoms with E-state index in [1.165, 1.54) is 23.4 Å². The standard InChI is InChI=1S/C18H27N5O3S/c1-27(25,26)23-9-2-6-18(16(24)21-10-14-4-5-14)13-22(11-15(18)12-23)17-19-7-3-8-20-17/h3,7-8,14-15H,2,4-6,9-13H2,1H3,(H,21,24)/t15-,18+/m0/s1. The summed E-state index contributed by atoms with van der Waals surface area (Å²) in [5.74, 6) is 1.20. The molecule has 9 heteroatoms. The van der Waals surface area contributed by atoms with Gasteiger partial charge in [-0.05, 0) is 37.7 Å². The van der Waals surface area contributed by atoms with Crippen LogP contribution in [0.3, 0.4) is 0 Å². The second kappa shape index (κ2) is 7.01. The average Bonchev–Trinajstić information content (AvgIpc) is 3.43. The molecule has 0 bridgehead atoms. The molecule has 1 amide bonds. The number of fused-ring (bicyclic) bond motifs is 1. The first-order valence-corrected chi connectivity index (χ1v) is 11.5. The van der Waals surface area contributed by atoms with Gasteiger partial charge in [0.1, 0.15) is 0 Å². The molecule has 4 rings (SSSR count). The van der Waals surface area contributed by atoms with Crippen LogP contribution in [0, 0.1) is 17.3 Å². The third kappa shape index (κ3) is 3.80. The van der Waals surface area contributed by atoms with Gasteiger partial charge < -0.3 is 10.2 Å². The number of carbonyl (C=O) groups is 1. The molecular weight excluding hydrogens is 366 g/mol. The molecule has 3 heterocycles. The Bertz CT molecular complexity index is 798. The van der Waals surface area contributed by atoms with Crippen LogP contribution in [-0.4, -0.2) is 67.6 Å². The number of aromatic nitrogens is 2. The van der Waals surface area contributed by atoms with Gasteiger partial charge in [0.05, 0.1) is 11.7 Å².